The molecule has 0 radical (unpaired) electrons. The van der Waals surface area contributed by atoms with Crippen molar-refractivity contribution in [1.29, 1.82) is 0 Å². The molecule has 0 fully saturated rings. The molecule has 0 unspecified atom stereocenters. The van der Waals surface area contributed by atoms with Crippen LogP contribution in [0.2, 0.25) is 0 Å². The minimum Gasteiger partial charge on any atom is -0.504 e. The summed E-state index contributed by atoms with van der Waals surface area (Å²) in [6.07, 6.45) is 0. The lowest BCUT2D eigenvalue weighted by molar-refractivity contribution is 0.335. The zero-order valence-corrected chi connectivity index (χ0v) is 10.7. The number of para-hydroxylation sites is 1. The van der Waals surface area contributed by atoms with Gasteiger partial charge in [0, 0.05) is 16.8 Å². The van der Waals surface area contributed by atoms with Crippen molar-refractivity contribution in [2.75, 3.05) is 14.2 Å². The summed E-state index contributed by atoms with van der Waals surface area (Å²) in [6, 6.07) is 11.4. The van der Waals surface area contributed by atoms with Crippen molar-refractivity contribution < 1.29 is 14.6 Å². The zero-order chi connectivity index (χ0) is 13.4. The average molecular weight is 255 g/mol. The highest BCUT2D eigenvalue weighted by Crippen LogP contribution is 2.42. The van der Waals surface area contributed by atoms with Gasteiger partial charge < -0.3 is 14.6 Å². The van der Waals surface area contributed by atoms with Gasteiger partial charge in [-0.2, -0.15) is 0 Å². The zero-order valence-electron chi connectivity index (χ0n) is 10.7. The van der Waals surface area contributed by atoms with E-state index in [9.17, 15) is 5.11 Å². The van der Waals surface area contributed by atoms with Gasteiger partial charge >= 0.3 is 0 Å². The van der Waals surface area contributed by atoms with Crippen molar-refractivity contribution in [3.63, 3.8) is 0 Å². The molecule has 0 aliphatic carbocycles. The fourth-order valence-electron chi connectivity index (χ4n) is 2.21. The molecule has 1 aromatic heterocycles. The largest absolute Gasteiger partial charge is 0.504 e. The summed E-state index contributed by atoms with van der Waals surface area (Å²) in [6.45, 7) is 0. The minimum absolute atomic E-state index is 0.0510. The molecule has 0 aliphatic heterocycles. The van der Waals surface area contributed by atoms with E-state index in [1.54, 1.807) is 6.07 Å². The van der Waals surface area contributed by atoms with Gasteiger partial charge in [-0.1, -0.05) is 18.2 Å². The molecule has 0 amide bonds. The summed E-state index contributed by atoms with van der Waals surface area (Å²) in [7, 11) is 3.03. The quantitative estimate of drug-likeness (QED) is 0.715. The van der Waals surface area contributed by atoms with Gasteiger partial charge in [0.2, 0.25) is 5.75 Å². The van der Waals surface area contributed by atoms with Crippen LogP contribution in [0.15, 0.2) is 36.4 Å². The second-order valence-corrected chi connectivity index (χ2v) is 4.21. The van der Waals surface area contributed by atoms with E-state index in [0.29, 0.717) is 22.4 Å². The third-order valence-corrected chi connectivity index (χ3v) is 3.14. The second-order valence-electron chi connectivity index (χ2n) is 4.21. The van der Waals surface area contributed by atoms with E-state index in [-0.39, 0.29) is 5.75 Å². The van der Waals surface area contributed by atoms with Crippen molar-refractivity contribution in [3.8, 4) is 17.2 Å². The first-order valence-corrected chi connectivity index (χ1v) is 5.88. The summed E-state index contributed by atoms with van der Waals surface area (Å²) in [5.74, 6) is 0.845. The van der Waals surface area contributed by atoms with Gasteiger partial charge in [0.05, 0.1) is 25.3 Å². The van der Waals surface area contributed by atoms with Gasteiger partial charge in [-0.3, -0.25) is 0 Å². The smallest absolute Gasteiger partial charge is 0.203 e. The van der Waals surface area contributed by atoms with Gasteiger partial charge in [0.1, 0.15) is 0 Å². The summed E-state index contributed by atoms with van der Waals surface area (Å²) in [5, 5.41) is 11.9. The first kappa shape index (κ1) is 11.6. The minimum atomic E-state index is 0.0510. The predicted octanol–water partition coefficient (Wildman–Crippen LogP) is 3.11. The van der Waals surface area contributed by atoms with Gasteiger partial charge in [0.15, 0.2) is 11.5 Å². The molecule has 0 saturated carbocycles. The topological polar surface area (TPSA) is 51.6 Å². The number of benzene rings is 2. The Labute approximate surface area is 110 Å². The monoisotopic (exact) mass is 255 g/mol. The molecule has 19 heavy (non-hydrogen) atoms. The van der Waals surface area contributed by atoms with Crippen LogP contribution in [0.25, 0.3) is 21.8 Å². The lowest BCUT2D eigenvalue weighted by Gasteiger charge is -2.12. The maximum absolute atomic E-state index is 10.3. The van der Waals surface area contributed by atoms with Crippen LogP contribution in [0.1, 0.15) is 0 Å². The number of nitrogens with zero attached hydrogens (tertiary/aromatic N) is 1. The summed E-state index contributed by atoms with van der Waals surface area (Å²) in [4.78, 5) is 4.53. The first-order valence-electron chi connectivity index (χ1n) is 5.88. The van der Waals surface area contributed by atoms with Crippen molar-refractivity contribution in [2.24, 2.45) is 0 Å². The van der Waals surface area contributed by atoms with Crippen LogP contribution < -0.4 is 9.47 Å². The third kappa shape index (κ3) is 1.73. The average Bonchev–Trinajstić information content (AvgIpc) is 2.45. The third-order valence-electron chi connectivity index (χ3n) is 3.14. The number of hydrogen-bond acceptors (Lipinski definition) is 4. The molecule has 1 heterocycles. The normalized spacial score (nSPS) is 10.8. The molecule has 0 atom stereocenters. The Balaban J connectivity index is 2.44. The Morgan fingerprint density at radius 1 is 1.00 bits per heavy atom. The van der Waals surface area contributed by atoms with Crippen molar-refractivity contribution >= 4 is 21.8 Å². The predicted molar refractivity (Wildman–Crippen MR) is 74.0 cm³/mol. The molecular weight excluding hydrogens is 242 g/mol. The molecule has 4 heteroatoms. The van der Waals surface area contributed by atoms with Gasteiger partial charge in [-0.25, -0.2) is 4.98 Å². The fourth-order valence-corrected chi connectivity index (χ4v) is 2.21. The van der Waals surface area contributed by atoms with Crippen LogP contribution in [0, 0.1) is 0 Å². The molecule has 0 aliphatic rings. The Morgan fingerprint density at radius 2 is 1.79 bits per heavy atom. The highest BCUT2D eigenvalue weighted by atomic mass is 16.5. The van der Waals surface area contributed by atoms with Crippen LogP contribution in [-0.2, 0) is 0 Å². The fraction of sp³-hybridized carbons (Fsp3) is 0.133. The molecule has 0 bridgehead atoms. The van der Waals surface area contributed by atoms with Crippen LogP contribution in [-0.4, -0.2) is 24.3 Å². The second kappa shape index (κ2) is 4.31. The Hall–Kier alpha value is -2.49. The lowest BCUT2D eigenvalue weighted by atomic mass is 10.1. The number of phenols is 1. The summed E-state index contributed by atoms with van der Waals surface area (Å²) >= 11 is 0. The van der Waals surface area contributed by atoms with Crippen molar-refractivity contribution in [1.82, 2.24) is 4.98 Å². The number of fused-ring (bicyclic) bond motifs is 2. The van der Waals surface area contributed by atoms with Gasteiger partial charge in [0.25, 0.3) is 0 Å². The van der Waals surface area contributed by atoms with Crippen LogP contribution in [0.3, 0.4) is 0 Å². The van der Waals surface area contributed by atoms with Crippen molar-refractivity contribution in [3.05, 3.63) is 36.4 Å². The first-order chi connectivity index (χ1) is 9.24. The highest BCUT2D eigenvalue weighted by Gasteiger charge is 2.15. The van der Waals surface area contributed by atoms with Crippen LogP contribution in [0.5, 0.6) is 17.2 Å². The number of rotatable bonds is 2. The molecule has 0 saturated heterocycles. The molecule has 3 aromatic rings. The van der Waals surface area contributed by atoms with Gasteiger partial charge in [-0.15, -0.1) is 0 Å². The van der Waals surface area contributed by atoms with E-state index in [1.807, 2.05) is 30.3 Å². The molecule has 3 rings (SSSR count). The van der Waals surface area contributed by atoms with E-state index in [0.717, 1.165) is 10.9 Å². The Morgan fingerprint density at radius 3 is 2.53 bits per heavy atom. The lowest BCUT2D eigenvalue weighted by Crippen LogP contribution is -1.93. The van der Waals surface area contributed by atoms with E-state index in [2.05, 4.69) is 4.98 Å². The van der Waals surface area contributed by atoms with Crippen molar-refractivity contribution in [2.45, 2.75) is 0 Å². The molecule has 4 nitrogen and oxygen atoms in total. The highest BCUT2D eigenvalue weighted by molar-refractivity contribution is 5.98. The Bertz CT molecular complexity index is 768. The number of phenolic OH excluding ortho intramolecular Hbond substituents is 1. The number of pyridine rings is 1. The molecular formula is C15H13NO3. The summed E-state index contributed by atoms with van der Waals surface area (Å²) < 4.78 is 10.4. The molecule has 0 spiro atoms. The van der Waals surface area contributed by atoms with Crippen LogP contribution >= 0.6 is 0 Å². The maximum Gasteiger partial charge on any atom is 0.203 e. The molecule has 96 valence electrons. The molecule has 1 N–H and O–H groups in total. The SMILES string of the molecule is COc1cc2nc3ccccc3cc2c(O)c1OC. The van der Waals surface area contributed by atoms with Crippen LogP contribution in [0.4, 0.5) is 0 Å². The number of methoxy groups -OCH3 is 2. The number of aromatic nitrogens is 1. The standard InChI is InChI=1S/C15H13NO3/c1-18-13-8-12-10(14(17)15(13)19-2)7-9-5-3-4-6-11(9)16-12/h3-8,17H,1-2H3. The van der Waals surface area contributed by atoms with Gasteiger partial charge in [-0.05, 0) is 12.1 Å². The number of aromatic hydroxyl groups is 1. The number of hydrogen-bond donors (Lipinski definition) is 1. The molecule has 2 aromatic carbocycles. The Kier molecular flexibility index (Phi) is 2.63. The van der Waals surface area contributed by atoms with E-state index in [1.165, 1.54) is 14.2 Å². The van der Waals surface area contributed by atoms with E-state index < -0.39 is 0 Å². The van der Waals surface area contributed by atoms with E-state index in [4.69, 9.17) is 9.47 Å². The van der Waals surface area contributed by atoms with E-state index >= 15 is 0 Å². The maximum atomic E-state index is 10.3. The summed E-state index contributed by atoms with van der Waals surface area (Å²) in [5.41, 5.74) is 1.55. The number of ether oxygens (including phenoxy) is 2.